The van der Waals surface area contributed by atoms with E-state index >= 15 is 0 Å². The molecule has 0 aliphatic rings. The highest BCUT2D eigenvalue weighted by molar-refractivity contribution is 6.29. The summed E-state index contributed by atoms with van der Waals surface area (Å²) in [6.07, 6.45) is 4.13. The molecule has 0 fully saturated rings. The van der Waals surface area contributed by atoms with Crippen LogP contribution in [0.1, 0.15) is 26.5 Å². The van der Waals surface area contributed by atoms with Gasteiger partial charge in [-0.2, -0.15) is 0 Å². The Kier molecular flexibility index (Phi) is 5.75. The van der Waals surface area contributed by atoms with E-state index in [0.29, 0.717) is 5.15 Å². The maximum Gasteiger partial charge on any atom is 0.147 e. The first kappa shape index (κ1) is 10.4. The lowest BCUT2D eigenvalue weighted by Crippen LogP contribution is -1.87. The van der Waals surface area contributed by atoms with Crippen LogP contribution in [0.2, 0.25) is 5.15 Å². The van der Waals surface area contributed by atoms with Gasteiger partial charge >= 0.3 is 0 Å². The van der Waals surface area contributed by atoms with Crippen LogP contribution in [0.4, 0.5) is 0 Å². The molecule has 3 heteroatoms. The second kappa shape index (κ2) is 6.10. The van der Waals surface area contributed by atoms with Crippen LogP contribution in [-0.2, 0) is 6.42 Å². The molecule has 1 aromatic rings. The Labute approximate surface area is 72.6 Å². The smallest absolute Gasteiger partial charge is 0.147 e. The summed E-state index contributed by atoms with van der Waals surface area (Å²) < 4.78 is 0. The molecule has 0 aliphatic heterocycles. The molecule has 0 spiro atoms. The summed E-state index contributed by atoms with van der Waals surface area (Å²) in [4.78, 5) is 7.86. The maximum absolute atomic E-state index is 5.55. The molecule has 0 saturated heterocycles. The zero-order chi connectivity index (χ0) is 8.69. The number of rotatable bonds is 1. The SMILES string of the molecule is CC.CCc1cncc(Cl)n1. The van der Waals surface area contributed by atoms with E-state index < -0.39 is 0 Å². The third-order valence-corrected chi connectivity index (χ3v) is 1.20. The van der Waals surface area contributed by atoms with Crippen LogP contribution in [-0.4, -0.2) is 9.97 Å². The predicted octanol–water partition coefficient (Wildman–Crippen LogP) is 2.72. The van der Waals surface area contributed by atoms with Gasteiger partial charge in [0.2, 0.25) is 0 Å². The van der Waals surface area contributed by atoms with Crippen molar-refractivity contribution >= 4 is 11.6 Å². The highest BCUT2D eigenvalue weighted by atomic mass is 35.5. The fourth-order valence-corrected chi connectivity index (χ4v) is 0.715. The Balaban J connectivity index is 0.000000461. The van der Waals surface area contributed by atoms with Crippen LogP contribution in [0.5, 0.6) is 0 Å². The topological polar surface area (TPSA) is 25.8 Å². The highest BCUT2D eigenvalue weighted by Gasteiger charge is 1.90. The minimum atomic E-state index is 0.467. The first-order valence-corrected chi connectivity index (χ1v) is 4.17. The summed E-state index contributed by atoms with van der Waals surface area (Å²) in [7, 11) is 0. The third-order valence-electron chi connectivity index (χ3n) is 1.02. The Bertz CT molecular complexity index is 201. The van der Waals surface area contributed by atoms with Gasteiger partial charge in [0.25, 0.3) is 0 Å². The zero-order valence-electron chi connectivity index (χ0n) is 7.13. The quantitative estimate of drug-likeness (QED) is 0.651. The van der Waals surface area contributed by atoms with E-state index in [9.17, 15) is 0 Å². The van der Waals surface area contributed by atoms with Gasteiger partial charge in [0.1, 0.15) is 5.15 Å². The summed E-state index contributed by atoms with van der Waals surface area (Å²) in [6.45, 7) is 6.01. The molecule has 0 aliphatic carbocycles. The van der Waals surface area contributed by atoms with Gasteiger partial charge in [-0.15, -0.1) is 0 Å². The average molecular weight is 173 g/mol. The van der Waals surface area contributed by atoms with Crippen LogP contribution >= 0.6 is 11.6 Å². The van der Waals surface area contributed by atoms with E-state index in [4.69, 9.17) is 11.6 Å². The monoisotopic (exact) mass is 172 g/mol. The molecule has 1 rings (SSSR count). The predicted molar refractivity (Wildman–Crippen MR) is 47.8 cm³/mol. The number of nitrogens with zero attached hydrogens (tertiary/aromatic N) is 2. The Morgan fingerprint density at radius 3 is 2.36 bits per heavy atom. The molecule has 0 atom stereocenters. The van der Waals surface area contributed by atoms with E-state index in [1.54, 1.807) is 6.20 Å². The van der Waals surface area contributed by atoms with Crippen LogP contribution in [0, 0.1) is 0 Å². The first-order valence-electron chi connectivity index (χ1n) is 3.79. The second-order valence-corrected chi connectivity index (χ2v) is 2.07. The van der Waals surface area contributed by atoms with Gasteiger partial charge in [-0.25, -0.2) is 4.98 Å². The summed E-state index contributed by atoms with van der Waals surface area (Å²) in [6, 6.07) is 0. The molecule has 0 radical (unpaired) electrons. The molecule has 0 aromatic carbocycles. The van der Waals surface area contributed by atoms with Gasteiger partial charge in [-0.3, -0.25) is 4.98 Å². The molecular weight excluding hydrogens is 160 g/mol. The van der Waals surface area contributed by atoms with Crippen molar-refractivity contribution in [2.75, 3.05) is 0 Å². The lowest BCUT2D eigenvalue weighted by Gasteiger charge is -1.92. The zero-order valence-corrected chi connectivity index (χ0v) is 7.89. The fraction of sp³-hybridized carbons (Fsp3) is 0.500. The molecule has 0 unspecified atom stereocenters. The maximum atomic E-state index is 5.55. The van der Waals surface area contributed by atoms with Crippen molar-refractivity contribution in [1.82, 2.24) is 9.97 Å². The number of hydrogen-bond acceptors (Lipinski definition) is 2. The molecule has 1 aromatic heterocycles. The number of hydrogen-bond donors (Lipinski definition) is 0. The summed E-state index contributed by atoms with van der Waals surface area (Å²) in [5, 5.41) is 0.467. The van der Waals surface area contributed by atoms with Crippen molar-refractivity contribution < 1.29 is 0 Å². The number of aromatic nitrogens is 2. The lowest BCUT2D eigenvalue weighted by atomic mass is 10.4. The van der Waals surface area contributed by atoms with Crippen molar-refractivity contribution in [1.29, 1.82) is 0 Å². The second-order valence-electron chi connectivity index (χ2n) is 1.69. The molecule has 0 bridgehead atoms. The summed E-state index contributed by atoms with van der Waals surface area (Å²) in [5.41, 5.74) is 0.933. The number of aryl methyl sites for hydroxylation is 1. The van der Waals surface area contributed by atoms with E-state index in [0.717, 1.165) is 12.1 Å². The van der Waals surface area contributed by atoms with Gasteiger partial charge in [-0.1, -0.05) is 32.4 Å². The van der Waals surface area contributed by atoms with Crippen LogP contribution in [0.3, 0.4) is 0 Å². The van der Waals surface area contributed by atoms with Crippen LogP contribution in [0.25, 0.3) is 0 Å². The Morgan fingerprint density at radius 2 is 2.00 bits per heavy atom. The first-order chi connectivity index (χ1) is 5.33. The van der Waals surface area contributed by atoms with E-state index in [1.807, 2.05) is 20.8 Å². The van der Waals surface area contributed by atoms with Gasteiger partial charge < -0.3 is 0 Å². The molecule has 1 heterocycles. The molecule has 0 amide bonds. The Hall–Kier alpha value is -0.630. The molecule has 0 saturated carbocycles. The normalized spacial score (nSPS) is 8.36. The minimum Gasteiger partial charge on any atom is -0.260 e. The molecule has 62 valence electrons. The molecule has 0 N–H and O–H groups in total. The summed E-state index contributed by atoms with van der Waals surface area (Å²) in [5.74, 6) is 0. The molecular formula is C8H13ClN2. The van der Waals surface area contributed by atoms with Crippen molar-refractivity contribution in [3.8, 4) is 0 Å². The largest absolute Gasteiger partial charge is 0.260 e. The van der Waals surface area contributed by atoms with Crippen molar-refractivity contribution in [3.63, 3.8) is 0 Å². The van der Waals surface area contributed by atoms with Gasteiger partial charge in [-0.05, 0) is 6.42 Å². The minimum absolute atomic E-state index is 0.467. The van der Waals surface area contributed by atoms with Gasteiger partial charge in [0.15, 0.2) is 0 Å². The number of halogens is 1. The van der Waals surface area contributed by atoms with Crippen LogP contribution in [0.15, 0.2) is 12.4 Å². The lowest BCUT2D eigenvalue weighted by molar-refractivity contribution is 1.00. The van der Waals surface area contributed by atoms with E-state index in [-0.39, 0.29) is 0 Å². The van der Waals surface area contributed by atoms with Crippen molar-refractivity contribution in [3.05, 3.63) is 23.2 Å². The summed E-state index contributed by atoms with van der Waals surface area (Å²) >= 11 is 5.55. The third kappa shape index (κ3) is 3.94. The Morgan fingerprint density at radius 1 is 1.36 bits per heavy atom. The van der Waals surface area contributed by atoms with E-state index in [1.165, 1.54) is 6.20 Å². The van der Waals surface area contributed by atoms with E-state index in [2.05, 4.69) is 9.97 Å². The highest BCUT2D eigenvalue weighted by Crippen LogP contribution is 2.01. The molecule has 2 nitrogen and oxygen atoms in total. The molecule has 11 heavy (non-hydrogen) atoms. The van der Waals surface area contributed by atoms with Crippen molar-refractivity contribution in [2.45, 2.75) is 27.2 Å². The standard InChI is InChI=1S/C6H7ClN2.C2H6/c1-2-5-3-8-4-6(7)9-5;1-2/h3-4H,2H2,1H3;1-2H3. The van der Waals surface area contributed by atoms with Crippen LogP contribution < -0.4 is 0 Å². The van der Waals surface area contributed by atoms with Gasteiger partial charge in [0, 0.05) is 6.20 Å². The van der Waals surface area contributed by atoms with Gasteiger partial charge in [0.05, 0.1) is 11.9 Å². The van der Waals surface area contributed by atoms with Crippen molar-refractivity contribution in [2.24, 2.45) is 0 Å². The fourth-order valence-electron chi connectivity index (χ4n) is 0.550. The average Bonchev–Trinajstić information content (AvgIpc) is 2.08.